The zero-order valence-corrected chi connectivity index (χ0v) is 12.4. The minimum atomic E-state index is -0.986. The van der Waals surface area contributed by atoms with Gasteiger partial charge in [0.15, 0.2) is 0 Å². The van der Waals surface area contributed by atoms with Crippen LogP contribution in [-0.4, -0.2) is 36.2 Å². The summed E-state index contributed by atoms with van der Waals surface area (Å²) in [6, 6.07) is 1.77. The number of rotatable bonds is 6. The van der Waals surface area contributed by atoms with E-state index in [-0.39, 0.29) is 18.9 Å². The van der Waals surface area contributed by atoms with Crippen LogP contribution in [0.25, 0.3) is 0 Å². The first kappa shape index (κ1) is 15.1. The molecule has 7 heteroatoms. The molecule has 18 heavy (non-hydrogen) atoms. The van der Waals surface area contributed by atoms with Crippen molar-refractivity contribution in [1.82, 2.24) is 5.32 Å². The van der Waals surface area contributed by atoms with Gasteiger partial charge in [-0.1, -0.05) is 0 Å². The Morgan fingerprint density at radius 1 is 1.61 bits per heavy atom. The summed E-state index contributed by atoms with van der Waals surface area (Å²) in [5.41, 5.74) is -0.929. The first-order chi connectivity index (χ1) is 8.38. The van der Waals surface area contributed by atoms with Crippen molar-refractivity contribution in [3.05, 3.63) is 20.8 Å². The Morgan fingerprint density at radius 3 is 2.72 bits per heavy atom. The van der Waals surface area contributed by atoms with Crippen LogP contribution >= 0.6 is 27.3 Å². The lowest BCUT2D eigenvalue weighted by Crippen LogP contribution is -2.50. The zero-order valence-electron chi connectivity index (χ0n) is 10.0. The fourth-order valence-corrected chi connectivity index (χ4v) is 3.02. The molecule has 1 heterocycles. The number of methoxy groups -OCH3 is 1. The largest absolute Gasteiger partial charge is 0.481 e. The van der Waals surface area contributed by atoms with Gasteiger partial charge >= 0.3 is 5.97 Å². The first-order valence-corrected chi connectivity index (χ1v) is 6.81. The van der Waals surface area contributed by atoms with Gasteiger partial charge in [-0.15, -0.1) is 11.3 Å². The average Bonchev–Trinajstić information content (AvgIpc) is 2.62. The van der Waals surface area contributed by atoms with Crippen molar-refractivity contribution in [2.75, 3.05) is 13.7 Å². The second-order valence-corrected chi connectivity index (χ2v) is 5.89. The van der Waals surface area contributed by atoms with Crippen LogP contribution in [0.5, 0.6) is 0 Å². The lowest BCUT2D eigenvalue weighted by molar-refractivity contribution is -0.139. The van der Waals surface area contributed by atoms with E-state index in [4.69, 9.17) is 9.84 Å². The second-order valence-electron chi connectivity index (χ2n) is 4.12. The third-order valence-corrected chi connectivity index (χ3v) is 4.08. The molecule has 0 saturated heterocycles. The molecule has 5 nitrogen and oxygen atoms in total. The summed E-state index contributed by atoms with van der Waals surface area (Å²) in [5.74, 6) is -1.29. The van der Waals surface area contributed by atoms with Gasteiger partial charge in [0.05, 0.1) is 18.6 Å². The van der Waals surface area contributed by atoms with E-state index in [1.807, 2.05) is 0 Å². The lowest BCUT2D eigenvalue weighted by Gasteiger charge is -2.28. The Bertz CT molecular complexity index is 448. The van der Waals surface area contributed by atoms with Gasteiger partial charge in [0.1, 0.15) is 4.88 Å². The maximum Gasteiger partial charge on any atom is 0.305 e. The van der Waals surface area contributed by atoms with Crippen LogP contribution in [0.1, 0.15) is 23.0 Å². The number of halogens is 1. The summed E-state index contributed by atoms with van der Waals surface area (Å²) in [4.78, 5) is 23.3. The molecule has 0 aliphatic heterocycles. The van der Waals surface area contributed by atoms with E-state index in [0.29, 0.717) is 9.35 Å². The van der Waals surface area contributed by atoms with E-state index < -0.39 is 11.5 Å². The predicted molar refractivity (Wildman–Crippen MR) is 72.0 cm³/mol. The van der Waals surface area contributed by atoms with Gasteiger partial charge in [0, 0.05) is 11.6 Å². The Labute approximate surface area is 117 Å². The van der Waals surface area contributed by atoms with Gasteiger partial charge in [0.25, 0.3) is 5.91 Å². The van der Waals surface area contributed by atoms with E-state index in [1.54, 1.807) is 18.4 Å². The number of carboxylic acid groups (broad SMARTS) is 1. The molecule has 0 bridgehead atoms. The topological polar surface area (TPSA) is 75.6 Å². The average molecular weight is 336 g/mol. The van der Waals surface area contributed by atoms with E-state index >= 15 is 0 Å². The number of amides is 1. The van der Waals surface area contributed by atoms with Gasteiger partial charge in [0.2, 0.25) is 0 Å². The summed E-state index contributed by atoms with van der Waals surface area (Å²) in [5, 5.41) is 13.3. The summed E-state index contributed by atoms with van der Waals surface area (Å²) >= 11 is 4.55. The highest BCUT2D eigenvalue weighted by molar-refractivity contribution is 9.10. The maximum atomic E-state index is 12.0. The smallest absolute Gasteiger partial charge is 0.305 e. The Kier molecular flexibility index (Phi) is 5.30. The monoisotopic (exact) mass is 335 g/mol. The summed E-state index contributed by atoms with van der Waals surface area (Å²) < 4.78 is 5.66. The molecule has 1 aromatic heterocycles. The molecule has 1 amide bonds. The minimum absolute atomic E-state index is 0.133. The molecule has 2 N–H and O–H groups in total. The number of carboxylic acids is 1. The number of hydrogen-bond donors (Lipinski definition) is 2. The summed E-state index contributed by atoms with van der Waals surface area (Å²) in [7, 11) is 1.47. The van der Waals surface area contributed by atoms with Gasteiger partial charge in [-0.05, 0) is 34.3 Å². The van der Waals surface area contributed by atoms with E-state index in [9.17, 15) is 9.59 Å². The highest BCUT2D eigenvalue weighted by atomic mass is 79.9. The number of carbonyl (C=O) groups is 2. The molecule has 1 unspecified atom stereocenters. The van der Waals surface area contributed by atoms with Gasteiger partial charge in [-0.2, -0.15) is 0 Å². The van der Waals surface area contributed by atoms with Gasteiger partial charge in [-0.25, -0.2) is 0 Å². The van der Waals surface area contributed by atoms with Crippen LogP contribution in [0.2, 0.25) is 0 Å². The summed E-state index contributed by atoms with van der Waals surface area (Å²) in [6.07, 6.45) is -0.199. The van der Waals surface area contributed by atoms with Crippen LogP contribution in [0.3, 0.4) is 0 Å². The number of nitrogens with one attached hydrogen (secondary N) is 1. The quantitative estimate of drug-likeness (QED) is 0.834. The van der Waals surface area contributed by atoms with Crippen molar-refractivity contribution in [3.8, 4) is 0 Å². The Balaban J connectivity index is 2.81. The molecule has 100 valence electrons. The standard InChI is InChI=1S/C11H14BrNO4S/c1-11(6-17-2,5-8(14)15)13-10(16)9-7(12)3-4-18-9/h3-4H,5-6H2,1-2H3,(H,13,16)(H,14,15). The fourth-order valence-electron chi connectivity index (χ4n) is 1.57. The van der Waals surface area contributed by atoms with Crippen LogP contribution in [-0.2, 0) is 9.53 Å². The molecule has 0 saturated carbocycles. The molecule has 0 spiro atoms. The molecule has 1 aromatic rings. The molecule has 0 radical (unpaired) electrons. The van der Waals surface area contributed by atoms with Crippen LogP contribution in [0, 0.1) is 0 Å². The van der Waals surface area contributed by atoms with Gasteiger partial charge < -0.3 is 15.2 Å². The minimum Gasteiger partial charge on any atom is -0.481 e. The van der Waals surface area contributed by atoms with Crippen LogP contribution in [0.15, 0.2) is 15.9 Å². The number of ether oxygens (including phenoxy) is 1. The maximum absolute atomic E-state index is 12.0. The number of hydrogen-bond acceptors (Lipinski definition) is 4. The van der Waals surface area contributed by atoms with Crippen molar-refractivity contribution < 1.29 is 19.4 Å². The molecular formula is C11H14BrNO4S. The lowest BCUT2D eigenvalue weighted by atomic mass is 9.99. The molecule has 1 rings (SSSR count). The van der Waals surface area contributed by atoms with Crippen molar-refractivity contribution >= 4 is 39.1 Å². The molecule has 0 aliphatic rings. The highest BCUT2D eigenvalue weighted by Crippen LogP contribution is 2.23. The number of carbonyl (C=O) groups excluding carboxylic acids is 1. The molecule has 0 aliphatic carbocycles. The zero-order chi connectivity index (χ0) is 13.8. The number of thiophene rings is 1. The van der Waals surface area contributed by atoms with Crippen LogP contribution in [0.4, 0.5) is 0 Å². The van der Waals surface area contributed by atoms with Crippen molar-refractivity contribution in [2.24, 2.45) is 0 Å². The highest BCUT2D eigenvalue weighted by Gasteiger charge is 2.30. The Hall–Kier alpha value is -0.920. The molecule has 0 fully saturated rings. The molecular weight excluding hydrogens is 322 g/mol. The van der Waals surface area contributed by atoms with Crippen LogP contribution < -0.4 is 5.32 Å². The SMILES string of the molecule is COCC(C)(CC(=O)O)NC(=O)c1sccc1Br. The normalized spacial score (nSPS) is 13.9. The predicted octanol–water partition coefficient (Wildman–Crippen LogP) is 2.12. The van der Waals surface area contributed by atoms with Crippen molar-refractivity contribution in [3.63, 3.8) is 0 Å². The Morgan fingerprint density at radius 2 is 2.28 bits per heavy atom. The fraction of sp³-hybridized carbons (Fsp3) is 0.455. The van der Waals surface area contributed by atoms with E-state index in [1.165, 1.54) is 18.4 Å². The number of aliphatic carboxylic acids is 1. The van der Waals surface area contributed by atoms with Crippen molar-refractivity contribution in [1.29, 1.82) is 0 Å². The van der Waals surface area contributed by atoms with Crippen molar-refractivity contribution in [2.45, 2.75) is 18.9 Å². The third-order valence-electron chi connectivity index (χ3n) is 2.24. The van der Waals surface area contributed by atoms with Gasteiger partial charge in [-0.3, -0.25) is 9.59 Å². The van der Waals surface area contributed by atoms with E-state index in [0.717, 1.165) is 0 Å². The molecule has 0 aromatic carbocycles. The third kappa shape index (κ3) is 4.08. The molecule has 1 atom stereocenters. The second kappa shape index (κ2) is 6.31. The summed E-state index contributed by atoms with van der Waals surface area (Å²) in [6.45, 7) is 1.78. The first-order valence-electron chi connectivity index (χ1n) is 5.14. The van der Waals surface area contributed by atoms with E-state index in [2.05, 4.69) is 21.2 Å².